The molecule has 1 heterocycles. The molecule has 0 atom stereocenters. The maximum absolute atomic E-state index is 12.8. The van der Waals surface area contributed by atoms with Crippen molar-refractivity contribution in [2.75, 3.05) is 12.4 Å². The van der Waals surface area contributed by atoms with Crippen LogP contribution in [0.1, 0.15) is 11.1 Å². The van der Waals surface area contributed by atoms with Crippen molar-refractivity contribution in [1.82, 2.24) is 8.87 Å². The smallest absolute Gasteiger partial charge is 0.287 e. The van der Waals surface area contributed by atoms with E-state index in [1.165, 1.54) is 35.6 Å². The number of nitro groups is 1. The van der Waals surface area contributed by atoms with Crippen LogP contribution in [0.25, 0.3) is 0 Å². The molecule has 0 unspecified atom stereocenters. The van der Waals surface area contributed by atoms with Gasteiger partial charge in [-0.25, -0.2) is 8.42 Å². The third-order valence-corrected chi connectivity index (χ3v) is 6.63. The van der Waals surface area contributed by atoms with Crippen molar-refractivity contribution in [3.05, 3.63) is 98.5 Å². The number of benzene rings is 2. The predicted octanol–water partition coefficient (Wildman–Crippen LogP) is 2.09. The number of nitriles is 1. The van der Waals surface area contributed by atoms with Crippen LogP contribution in [0.5, 0.6) is 0 Å². The molecule has 11 nitrogen and oxygen atoms in total. The quantitative estimate of drug-likeness (QED) is 0.381. The van der Waals surface area contributed by atoms with Crippen molar-refractivity contribution in [1.29, 1.82) is 5.26 Å². The summed E-state index contributed by atoms with van der Waals surface area (Å²) >= 11 is 0. The Morgan fingerprint density at radius 2 is 1.82 bits per heavy atom. The summed E-state index contributed by atoms with van der Waals surface area (Å²) < 4.78 is 27.6. The van der Waals surface area contributed by atoms with Crippen LogP contribution in [0.4, 0.5) is 11.4 Å². The van der Waals surface area contributed by atoms with E-state index < -0.39 is 44.2 Å². The molecular formula is C22H19N5O6S. The highest BCUT2D eigenvalue weighted by Gasteiger charge is 2.21. The number of sulfonamides is 1. The molecule has 0 aliphatic carbocycles. The first-order chi connectivity index (χ1) is 16.1. The molecule has 1 aromatic heterocycles. The van der Waals surface area contributed by atoms with E-state index in [1.807, 2.05) is 30.3 Å². The number of nitrogens with zero attached hydrogens (tertiary/aromatic N) is 4. The van der Waals surface area contributed by atoms with E-state index in [0.717, 1.165) is 22.4 Å². The number of carbonyl (C=O) groups excluding carboxylic acids is 1. The lowest BCUT2D eigenvalue weighted by Gasteiger charge is -2.17. The molecule has 0 aliphatic rings. The fourth-order valence-electron chi connectivity index (χ4n) is 3.09. The first kappa shape index (κ1) is 24.3. The van der Waals surface area contributed by atoms with Crippen LogP contribution < -0.4 is 10.9 Å². The van der Waals surface area contributed by atoms with Crippen molar-refractivity contribution in [2.24, 2.45) is 0 Å². The van der Waals surface area contributed by atoms with Gasteiger partial charge < -0.3 is 5.32 Å². The predicted molar refractivity (Wildman–Crippen MR) is 122 cm³/mol. The van der Waals surface area contributed by atoms with E-state index in [9.17, 15) is 28.1 Å². The lowest BCUT2D eigenvalue weighted by molar-refractivity contribution is -0.385. The van der Waals surface area contributed by atoms with Gasteiger partial charge in [0, 0.05) is 25.3 Å². The Morgan fingerprint density at radius 1 is 1.18 bits per heavy atom. The molecule has 0 saturated heterocycles. The first-order valence-corrected chi connectivity index (χ1v) is 11.2. The number of anilines is 1. The van der Waals surface area contributed by atoms with Crippen LogP contribution in [0.2, 0.25) is 0 Å². The maximum atomic E-state index is 12.8. The average Bonchev–Trinajstić information content (AvgIpc) is 2.81. The maximum Gasteiger partial charge on any atom is 0.287 e. The number of hydrogen-bond acceptors (Lipinski definition) is 7. The second-order valence-corrected chi connectivity index (χ2v) is 9.28. The fourth-order valence-corrected chi connectivity index (χ4v) is 4.25. The Hall–Kier alpha value is -4.34. The summed E-state index contributed by atoms with van der Waals surface area (Å²) in [4.78, 5) is 34.8. The van der Waals surface area contributed by atoms with E-state index in [-0.39, 0.29) is 17.1 Å². The lowest BCUT2D eigenvalue weighted by atomic mass is 10.2. The number of rotatable bonds is 8. The highest BCUT2D eigenvalue weighted by Crippen LogP contribution is 2.19. The molecule has 0 bridgehead atoms. The van der Waals surface area contributed by atoms with E-state index in [4.69, 9.17) is 5.26 Å². The normalized spacial score (nSPS) is 11.1. The Labute approximate surface area is 194 Å². The molecule has 0 radical (unpaired) electrons. The number of carbonyl (C=O) groups is 1. The zero-order valence-electron chi connectivity index (χ0n) is 17.9. The van der Waals surface area contributed by atoms with Gasteiger partial charge in [-0.3, -0.25) is 24.3 Å². The third kappa shape index (κ3) is 5.52. The zero-order chi connectivity index (χ0) is 24.9. The van der Waals surface area contributed by atoms with Gasteiger partial charge in [0.05, 0.1) is 16.0 Å². The molecule has 3 aromatic rings. The number of aromatic nitrogens is 1. The molecular weight excluding hydrogens is 462 g/mol. The van der Waals surface area contributed by atoms with Gasteiger partial charge in [0.1, 0.15) is 18.2 Å². The van der Waals surface area contributed by atoms with Gasteiger partial charge in [-0.1, -0.05) is 30.3 Å². The monoisotopic (exact) mass is 481 g/mol. The molecule has 0 fully saturated rings. The first-order valence-electron chi connectivity index (χ1n) is 9.81. The molecule has 1 amide bonds. The fraction of sp³-hybridized carbons (Fsp3) is 0.136. The van der Waals surface area contributed by atoms with Gasteiger partial charge in [0.15, 0.2) is 0 Å². The largest absolute Gasteiger partial charge is 0.325 e. The summed E-state index contributed by atoms with van der Waals surface area (Å²) in [7, 11) is -2.31. The van der Waals surface area contributed by atoms with Gasteiger partial charge >= 0.3 is 0 Å². The van der Waals surface area contributed by atoms with E-state index >= 15 is 0 Å². The average molecular weight is 481 g/mol. The van der Waals surface area contributed by atoms with Crippen molar-refractivity contribution >= 4 is 27.3 Å². The van der Waals surface area contributed by atoms with Crippen LogP contribution in [-0.4, -0.2) is 35.2 Å². The molecule has 0 aliphatic heterocycles. The third-order valence-electron chi connectivity index (χ3n) is 4.81. The highest BCUT2D eigenvalue weighted by atomic mass is 32.2. The van der Waals surface area contributed by atoms with Crippen molar-refractivity contribution in [3.8, 4) is 6.07 Å². The molecule has 0 spiro atoms. The molecule has 0 saturated carbocycles. The van der Waals surface area contributed by atoms with Crippen LogP contribution in [0.3, 0.4) is 0 Å². The van der Waals surface area contributed by atoms with Gasteiger partial charge in [-0.2, -0.15) is 9.57 Å². The van der Waals surface area contributed by atoms with Crippen LogP contribution >= 0.6 is 0 Å². The standard InChI is InChI=1S/C22H19N5O6S/c1-25(13-16-5-3-2-4-6-16)34(32,33)20-9-7-18(8-10-20)24-21(28)15-26-14-19(27(30)31)11-17(12-23)22(26)29/h2-11,14H,13,15H2,1H3,(H,24,28). The topological polar surface area (TPSA) is 155 Å². The van der Waals surface area contributed by atoms with Gasteiger partial charge in [0.2, 0.25) is 15.9 Å². The van der Waals surface area contributed by atoms with Crippen LogP contribution in [0, 0.1) is 21.4 Å². The molecule has 3 rings (SSSR count). The Morgan fingerprint density at radius 3 is 2.41 bits per heavy atom. The van der Waals surface area contributed by atoms with Gasteiger partial charge in [-0.15, -0.1) is 0 Å². The highest BCUT2D eigenvalue weighted by molar-refractivity contribution is 7.89. The summed E-state index contributed by atoms with van der Waals surface area (Å²) in [5, 5.41) is 22.5. The Balaban J connectivity index is 1.72. The second kappa shape index (κ2) is 10.1. The molecule has 2 aromatic carbocycles. The zero-order valence-corrected chi connectivity index (χ0v) is 18.7. The molecule has 174 valence electrons. The summed E-state index contributed by atoms with van der Waals surface area (Å²) in [6, 6.07) is 16.9. The number of hydrogen-bond donors (Lipinski definition) is 1. The van der Waals surface area contributed by atoms with Gasteiger partial charge in [-0.05, 0) is 29.8 Å². The summed E-state index contributed by atoms with van der Waals surface area (Å²) in [6.07, 6.45) is 0.876. The SMILES string of the molecule is CN(Cc1ccccc1)S(=O)(=O)c1ccc(NC(=O)Cn2cc([N+](=O)[O-])cc(C#N)c2=O)cc1. The van der Waals surface area contributed by atoms with E-state index in [2.05, 4.69) is 5.32 Å². The van der Waals surface area contributed by atoms with Crippen LogP contribution in [-0.2, 0) is 27.9 Å². The molecule has 1 N–H and O–H groups in total. The lowest BCUT2D eigenvalue weighted by Crippen LogP contribution is -2.29. The Kier molecular flexibility index (Phi) is 7.20. The molecule has 12 heteroatoms. The summed E-state index contributed by atoms with van der Waals surface area (Å²) in [5.41, 5.74) is -0.720. The number of pyridine rings is 1. The van der Waals surface area contributed by atoms with Crippen molar-refractivity contribution < 1.29 is 18.1 Å². The van der Waals surface area contributed by atoms with E-state index in [1.54, 1.807) is 6.07 Å². The Bertz CT molecular complexity index is 1430. The summed E-state index contributed by atoms with van der Waals surface area (Å²) in [5.74, 6) is -0.691. The minimum atomic E-state index is -3.78. The van der Waals surface area contributed by atoms with Crippen LogP contribution in [0.15, 0.2) is 76.6 Å². The summed E-state index contributed by atoms with van der Waals surface area (Å²) in [6.45, 7) is -0.390. The van der Waals surface area contributed by atoms with Crippen molar-refractivity contribution in [2.45, 2.75) is 18.0 Å². The molecule has 34 heavy (non-hydrogen) atoms. The second-order valence-electron chi connectivity index (χ2n) is 7.23. The minimum Gasteiger partial charge on any atom is -0.325 e. The number of nitrogens with one attached hydrogen (secondary N) is 1. The van der Waals surface area contributed by atoms with Crippen molar-refractivity contribution in [3.63, 3.8) is 0 Å². The number of amides is 1. The minimum absolute atomic E-state index is 0.0255. The van der Waals surface area contributed by atoms with E-state index in [0.29, 0.717) is 0 Å². The van der Waals surface area contributed by atoms with Gasteiger partial charge in [0.25, 0.3) is 11.2 Å².